The van der Waals surface area contributed by atoms with Crippen molar-refractivity contribution in [3.63, 3.8) is 0 Å². The van der Waals surface area contributed by atoms with Crippen LogP contribution in [0.25, 0.3) is 0 Å². The molecule has 0 aromatic heterocycles. The first-order chi connectivity index (χ1) is 9.45. The minimum atomic E-state index is -3.26. The molecule has 0 saturated heterocycles. The number of hydrogen-bond donors (Lipinski definition) is 0. The lowest BCUT2D eigenvalue weighted by Crippen LogP contribution is -2.37. The largest absolute Gasteiger partial charge is 0.308 e. The molecule has 0 radical (unpaired) electrons. The highest BCUT2D eigenvalue weighted by Gasteiger charge is 2.21. The van der Waals surface area contributed by atoms with Gasteiger partial charge in [-0.1, -0.05) is 30.3 Å². The highest BCUT2D eigenvalue weighted by atomic mass is 35.5. The molecule has 0 fully saturated rings. The average Bonchev–Trinajstić information content (AvgIpc) is 2.42. The zero-order valence-corrected chi connectivity index (χ0v) is 13.7. The van der Waals surface area contributed by atoms with Gasteiger partial charge in [0, 0.05) is 25.5 Å². The summed E-state index contributed by atoms with van der Waals surface area (Å²) in [6.45, 7) is 1.61. The maximum atomic E-state index is 12.4. The molecule has 0 unspecified atom stereocenters. The van der Waals surface area contributed by atoms with E-state index >= 15 is 0 Å². The monoisotopic (exact) mass is 318 g/mol. The first-order valence-electron chi connectivity index (χ1n) is 6.68. The highest BCUT2D eigenvalue weighted by molar-refractivity contribution is 7.89. The third-order valence-electron chi connectivity index (χ3n) is 2.93. The van der Waals surface area contributed by atoms with Crippen LogP contribution >= 0.6 is 11.6 Å². The average molecular weight is 319 g/mol. The molecule has 1 aromatic carbocycles. The Morgan fingerprint density at radius 1 is 1.10 bits per heavy atom. The molecule has 0 heterocycles. The molecule has 0 N–H and O–H groups in total. The van der Waals surface area contributed by atoms with Crippen molar-refractivity contribution in [2.45, 2.75) is 13.0 Å². The van der Waals surface area contributed by atoms with Gasteiger partial charge in [-0.2, -0.15) is 4.31 Å². The van der Waals surface area contributed by atoms with Crippen molar-refractivity contribution < 1.29 is 8.42 Å². The van der Waals surface area contributed by atoms with Crippen molar-refractivity contribution in [3.05, 3.63) is 35.9 Å². The van der Waals surface area contributed by atoms with E-state index in [0.717, 1.165) is 5.56 Å². The van der Waals surface area contributed by atoms with Gasteiger partial charge >= 0.3 is 0 Å². The molecule has 0 amide bonds. The van der Waals surface area contributed by atoms with Crippen LogP contribution in [0.2, 0.25) is 0 Å². The van der Waals surface area contributed by atoms with Crippen molar-refractivity contribution in [1.82, 2.24) is 9.21 Å². The second kappa shape index (κ2) is 8.62. The zero-order chi connectivity index (χ0) is 15.0. The second-order valence-electron chi connectivity index (χ2n) is 4.98. The Morgan fingerprint density at radius 3 is 2.30 bits per heavy atom. The van der Waals surface area contributed by atoms with E-state index in [1.165, 1.54) is 0 Å². The lowest BCUT2D eigenvalue weighted by atomic mass is 10.2. The van der Waals surface area contributed by atoms with Crippen molar-refractivity contribution in [1.29, 1.82) is 0 Å². The number of hydrogen-bond acceptors (Lipinski definition) is 3. The minimum absolute atomic E-state index is 0.108. The number of nitrogens with zero attached hydrogens (tertiary/aromatic N) is 2. The Bertz CT molecular complexity index is 477. The standard InChI is InChI=1S/C14H23ClN2O2S/c1-16(2)10-11-17(20(18,19)12-6-9-15)13-14-7-4-3-5-8-14/h3-5,7-8H,6,9-13H2,1-2H3. The van der Waals surface area contributed by atoms with Crippen LogP contribution in [0, 0.1) is 0 Å². The summed E-state index contributed by atoms with van der Waals surface area (Å²) in [5.74, 6) is 0.475. The van der Waals surface area contributed by atoms with Crippen molar-refractivity contribution in [2.24, 2.45) is 0 Å². The van der Waals surface area contributed by atoms with Crippen molar-refractivity contribution in [2.75, 3.05) is 38.8 Å². The van der Waals surface area contributed by atoms with E-state index in [0.29, 0.717) is 31.9 Å². The number of likely N-dealkylation sites (N-methyl/N-ethyl adjacent to an activating group) is 1. The Morgan fingerprint density at radius 2 is 1.75 bits per heavy atom. The molecule has 0 aliphatic carbocycles. The molecule has 114 valence electrons. The topological polar surface area (TPSA) is 40.6 Å². The molecule has 0 aliphatic heterocycles. The Kier molecular flexibility index (Phi) is 7.51. The molecule has 0 spiro atoms. The number of benzene rings is 1. The third kappa shape index (κ3) is 6.22. The summed E-state index contributed by atoms with van der Waals surface area (Å²) in [5, 5.41) is 0. The van der Waals surface area contributed by atoms with Crippen LogP contribution in [0.1, 0.15) is 12.0 Å². The fraction of sp³-hybridized carbons (Fsp3) is 0.571. The summed E-state index contributed by atoms with van der Waals surface area (Å²) in [7, 11) is 0.617. The lowest BCUT2D eigenvalue weighted by molar-refractivity contribution is 0.329. The van der Waals surface area contributed by atoms with E-state index in [4.69, 9.17) is 11.6 Å². The van der Waals surface area contributed by atoms with E-state index in [1.807, 2.05) is 49.3 Å². The number of rotatable bonds is 9. The van der Waals surface area contributed by atoms with E-state index < -0.39 is 10.0 Å². The SMILES string of the molecule is CN(C)CCN(Cc1ccccc1)S(=O)(=O)CCCCl. The fourth-order valence-corrected chi connectivity index (χ4v) is 3.55. The maximum Gasteiger partial charge on any atom is 0.214 e. The van der Waals surface area contributed by atoms with Crippen molar-refractivity contribution in [3.8, 4) is 0 Å². The van der Waals surface area contributed by atoms with Crippen LogP contribution in [-0.2, 0) is 16.6 Å². The zero-order valence-electron chi connectivity index (χ0n) is 12.1. The molecule has 20 heavy (non-hydrogen) atoms. The molecule has 1 aromatic rings. The third-order valence-corrected chi connectivity index (χ3v) is 5.10. The lowest BCUT2D eigenvalue weighted by Gasteiger charge is -2.24. The van der Waals surface area contributed by atoms with Crippen LogP contribution in [0.5, 0.6) is 0 Å². The second-order valence-corrected chi connectivity index (χ2v) is 7.45. The quantitative estimate of drug-likeness (QED) is 0.654. The van der Waals surface area contributed by atoms with E-state index in [1.54, 1.807) is 4.31 Å². The van der Waals surface area contributed by atoms with Gasteiger partial charge in [-0.25, -0.2) is 8.42 Å². The summed E-state index contributed by atoms with van der Waals surface area (Å²) in [6, 6.07) is 9.66. The summed E-state index contributed by atoms with van der Waals surface area (Å²) >= 11 is 5.61. The van der Waals surface area contributed by atoms with Gasteiger partial charge in [0.2, 0.25) is 10.0 Å². The summed E-state index contributed by atoms with van der Waals surface area (Å²) in [4.78, 5) is 1.98. The normalized spacial score (nSPS) is 12.2. The predicted molar refractivity (Wildman–Crippen MR) is 84.5 cm³/mol. The number of halogens is 1. The van der Waals surface area contributed by atoms with Crippen LogP contribution in [0.15, 0.2) is 30.3 Å². The fourth-order valence-electron chi connectivity index (χ4n) is 1.78. The van der Waals surface area contributed by atoms with Crippen LogP contribution in [0.4, 0.5) is 0 Å². The van der Waals surface area contributed by atoms with Gasteiger partial charge in [0.1, 0.15) is 0 Å². The van der Waals surface area contributed by atoms with Crippen LogP contribution in [0.3, 0.4) is 0 Å². The van der Waals surface area contributed by atoms with Gasteiger partial charge in [-0.15, -0.1) is 11.6 Å². The van der Waals surface area contributed by atoms with Crippen LogP contribution < -0.4 is 0 Å². The Hall–Kier alpha value is -0.620. The molecular weight excluding hydrogens is 296 g/mol. The van der Waals surface area contributed by atoms with Gasteiger partial charge in [-0.3, -0.25) is 0 Å². The first-order valence-corrected chi connectivity index (χ1v) is 8.82. The molecule has 4 nitrogen and oxygen atoms in total. The maximum absolute atomic E-state index is 12.4. The van der Waals surface area contributed by atoms with E-state index in [9.17, 15) is 8.42 Å². The van der Waals surface area contributed by atoms with Gasteiger partial charge in [0.25, 0.3) is 0 Å². The molecule has 0 aliphatic rings. The highest BCUT2D eigenvalue weighted by Crippen LogP contribution is 2.11. The van der Waals surface area contributed by atoms with Gasteiger partial charge in [0.05, 0.1) is 5.75 Å². The first kappa shape index (κ1) is 17.4. The smallest absolute Gasteiger partial charge is 0.214 e. The summed E-state index contributed by atoms with van der Waals surface area (Å²) in [6.07, 6.45) is 0.483. The molecule has 0 saturated carbocycles. The Labute approximate surface area is 127 Å². The summed E-state index contributed by atoms with van der Waals surface area (Å²) in [5.41, 5.74) is 1.00. The molecule has 1 rings (SSSR count). The molecule has 6 heteroatoms. The van der Waals surface area contributed by atoms with Crippen LogP contribution in [-0.4, -0.2) is 56.4 Å². The predicted octanol–water partition coefficient (Wildman–Crippen LogP) is 2.01. The molecular formula is C14H23ClN2O2S. The van der Waals surface area contributed by atoms with Crippen molar-refractivity contribution >= 4 is 21.6 Å². The molecule has 0 atom stereocenters. The van der Waals surface area contributed by atoms with Gasteiger partial charge < -0.3 is 4.90 Å². The van der Waals surface area contributed by atoms with E-state index in [2.05, 4.69) is 0 Å². The van der Waals surface area contributed by atoms with Gasteiger partial charge in [0.15, 0.2) is 0 Å². The number of alkyl halides is 1. The number of sulfonamides is 1. The minimum Gasteiger partial charge on any atom is -0.308 e. The Balaban J connectivity index is 2.79. The summed E-state index contributed by atoms with van der Waals surface area (Å²) < 4.78 is 26.3. The molecule has 0 bridgehead atoms. The van der Waals surface area contributed by atoms with E-state index in [-0.39, 0.29) is 5.75 Å². The van der Waals surface area contributed by atoms with Gasteiger partial charge in [-0.05, 0) is 26.1 Å².